The maximum atomic E-state index is 10.8. The number of hydrogen-bond acceptors (Lipinski definition) is 5. The van der Waals surface area contributed by atoms with Crippen LogP contribution in [0.4, 0.5) is 11.6 Å². The van der Waals surface area contributed by atoms with Crippen LogP contribution in [-0.4, -0.2) is 32.1 Å². The normalized spacial score (nSPS) is 11.2. The Bertz CT molecular complexity index is 733. The Labute approximate surface area is 118 Å². The molecule has 8 nitrogen and oxygen atoms in total. The van der Waals surface area contributed by atoms with Crippen LogP contribution in [0.25, 0.3) is 6.08 Å². The Hall–Kier alpha value is -3.29. The topological polar surface area (TPSA) is 128 Å². The summed E-state index contributed by atoms with van der Waals surface area (Å²) in [5, 5.41) is 25.0. The molecular formula is C13H10N4O4. The number of aromatic carboxylic acids is 1. The zero-order valence-corrected chi connectivity index (χ0v) is 10.6. The first kappa shape index (κ1) is 14.1. The molecule has 0 spiro atoms. The largest absolute Gasteiger partial charge is 0.478 e. The van der Waals surface area contributed by atoms with Crippen LogP contribution >= 0.6 is 0 Å². The zero-order chi connectivity index (χ0) is 15.2. The molecule has 8 heteroatoms. The second-order valence-electron chi connectivity index (χ2n) is 3.89. The van der Waals surface area contributed by atoms with Gasteiger partial charge in [0.05, 0.1) is 23.1 Å². The second-order valence-corrected chi connectivity index (χ2v) is 3.89. The van der Waals surface area contributed by atoms with Crippen molar-refractivity contribution >= 4 is 29.7 Å². The standard InChI is InChI=1S/C13H10N4O4/c18-11(19)5-4-10-7-14-13(15-10)17-16-9-3-1-2-8(6-9)12(20)21/h1-7H,(H,14,15)(H,18,19)(H,20,21)/b5-4+,17-16?. The first-order valence-electron chi connectivity index (χ1n) is 5.76. The number of imidazole rings is 1. The smallest absolute Gasteiger partial charge is 0.335 e. The third kappa shape index (κ3) is 4.10. The van der Waals surface area contributed by atoms with E-state index >= 15 is 0 Å². The lowest BCUT2D eigenvalue weighted by Gasteiger charge is -1.94. The number of benzene rings is 1. The quantitative estimate of drug-likeness (QED) is 0.574. The van der Waals surface area contributed by atoms with Crippen molar-refractivity contribution in [1.29, 1.82) is 0 Å². The Balaban J connectivity index is 2.12. The van der Waals surface area contributed by atoms with Gasteiger partial charge in [-0.3, -0.25) is 0 Å². The van der Waals surface area contributed by atoms with E-state index in [9.17, 15) is 9.59 Å². The lowest BCUT2D eigenvalue weighted by Crippen LogP contribution is -1.94. The Morgan fingerprint density at radius 3 is 2.76 bits per heavy atom. The fraction of sp³-hybridized carbons (Fsp3) is 0. The molecule has 0 aliphatic rings. The van der Waals surface area contributed by atoms with Crippen LogP contribution < -0.4 is 0 Å². The minimum Gasteiger partial charge on any atom is -0.478 e. The molecule has 0 aliphatic heterocycles. The highest BCUT2D eigenvalue weighted by molar-refractivity contribution is 5.88. The molecule has 3 N–H and O–H groups in total. The van der Waals surface area contributed by atoms with Gasteiger partial charge in [-0.25, -0.2) is 14.6 Å². The van der Waals surface area contributed by atoms with Crippen LogP contribution in [0.1, 0.15) is 16.1 Å². The highest BCUT2D eigenvalue weighted by Gasteiger charge is 2.02. The summed E-state index contributed by atoms with van der Waals surface area (Å²) in [6.45, 7) is 0. The lowest BCUT2D eigenvalue weighted by atomic mass is 10.2. The van der Waals surface area contributed by atoms with E-state index in [1.54, 1.807) is 12.1 Å². The van der Waals surface area contributed by atoms with Gasteiger partial charge in [0.1, 0.15) is 0 Å². The molecule has 0 amide bonds. The molecule has 1 aromatic heterocycles. The predicted octanol–water partition coefficient (Wildman–Crippen LogP) is 2.62. The van der Waals surface area contributed by atoms with E-state index in [2.05, 4.69) is 20.2 Å². The SMILES string of the molecule is O=C(O)/C=C/c1cnc(N=Nc2cccc(C(=O)O)c2)[nH]1. The number of nitrogens with one attached hydrogen (secondary N) is 1. The first-order valence-corrected chi connectivity index (χ1v) is 5.76. The van der Waals surface area contributed by atoms with Crippen LogP contribution in [0.15, 0.2) is 46.8 Å². The van der Waals surface area contributed by atoms with Crippen LogP contribution in [-0.2, 0) is 4.79 Å². The lowest BCUT2D eigenvalue weighted by molar-refractivity contribution is -0.131. The number of rotatable bonds is 5. The molecular weight excluding hydrogens is 276 g/mol. The van der Waals surface area contributed by atoms with Gasteiger partial charge in [0.2, 0.25) is 5.95 Å². The van der Waals surface area contributed by atoms with E-state index in [1.807, 2.05) is 0 Å². The zero-order valence-electron chi connectivity index (χ0n) is 10.6. The van der Waals surface area contributed by atoms with Crippen molar-refractivity contribution in [2.45, 2.75) is 0 Å². The number of hydrogen-bond donors (Lipinski definition) is 3. The maximum Gasteiger partial charge on any atom is 0.335 e. The average molecular weight is 286 g/mol. The van der Waals surface area contributed by atoms with E-state index < -0.39 is 11.9 Å². The van der Waals surface area contributed by atoms with Crippen molar-refractivity contribution in [3.63, 3.8) is 0 Å². The highest BCUT2D eigenvalue weighted by atomic mass is 16.4. The van der Waals surface area contributed by atoms with Crippen LogP contribution in [0.5, 0.6) is 0 Å². The predicted molar refractivity (Wildman–Crippen MR) is 72.8 cm³/mol. The molecule has 1 aromatic carbocycles. The summed E-state index contributed by atoms with van der Waals surface area (Å²) in [6, 6.07) is 5.98. The van der Waals surface area contributed by atoms with Gasteiger partial charge in [0.25, 0.3) is 0 Å². The first-order chi connectivity index (χ1) is 10.0. The van der Waals surface area contributed by atoms with Gasteiger partial charge in [-0.2, -0.15) is 0 Å². The Morgan fingerprint density at radius 1 is 1.24 bits per heavy atom. The molecule has 0 saturated heterocycles. The van der Waals surface area contributed by atoms with E-state index in [4.69, 9.17) is 10.2 Å². The van der Waals surface area contributed by atoms with E-state index in [0.717, 1.165) is 6.08 Å². The van der Waals surface area contributed by atoms with E-state index in [-0.39, 0.29) is 11.5 Å². The number of aromatic amines is 1. The molecule has 106 valence electrons. The Morgan fingerprint density at radius 2 is 2.05 bits per heavy atom. The van der Waals surface area contributed by atoms with Gasteiger partial charge in [-0.15, -0.1) is 10.2 Å². The summed E-state index contributed by atoms with van der Waals surface area (Å²) in [7, 11) is 0. The minimum atomic E-state index is -1.07. The highest BCUT2D eigenvalue weighted by Crippen LogP contribution is 2.17. The van der Waals surface area contributed by atoms with E-state index in [1.165, 1.54) is 24.4 Å². The monoisotopic (exact) mass is 286 g/mol. The van der Waals surface area contributed by atoms with Crippen molar-refractivity contribution < 1.29 is 19.8 Å². The van der Waals surface area contributed by atoms with Gasteiger partial charge < -0.3 is 15.2 Å². The molecule has 0 fully saturated rings. The summed E-state index contributed by atoms with van der Waals surface area (Å²) >= 11 is 0. The number of nitrogens with zero attached hydrogens (tertiary/aromatic N) is 3. The molecule has 2 rings (SSSR count). The number of azo groups is 1. The van der Waals surface area contributed by atoms with Gasteiger partial charge in [0.15, 0.2) is 0 Å². The second kappa shape index (κ2) is 6.24. The van der Waals surface area contributed by atoms with Gasteiger partial charge >= 0.3 is 11.9 Å². The number of carboxylic acids is 2. The molecule has 0 aliphatic carbocycles. The molecule has 1 heterocycles. The van der Waals surface area contributed by atoms with E-state index in [0.29, 0.717) is 11.4 Å². The summed E-state index contributed by atoms with van der Waals surface area (Å²) < 4.78 is 0. The molecule has 0 saturated carbocycles. The Kier molecular flexibility index (Phi) is 4.20. The molecule has 21 heavy (non-hydrogen) atoms. The van der Waals surface area contributed by atoms with Crippen molar-refractivity contribution in [3.8, 4) is 0 Å². The fourth-order valence-electron chi connectivity index (χ4n) is 1.43. The molecule has 2 aromatic rings. The van der Waals surface area contributed by atoms with Crippen molar-refractivity contribution in [2.75, 3.05) is 0 Å². The number of carbonyl (C=O) groups is 2. The number of aromatic nitrogens is 2. The van der Waals surface area contributed by atoms with Crippen molar-refractivity contribution in [2.24, 2.45) is 10.2 Å². The maximum absolute atomic E-state index is 10.8. The third-order valence-corrected chi connectivity index (χ3v) is 2.34. The number of carboxylic acid groups (broad SMARTS) is 2. The van der Waals surface area contributed by atoms with Gasteiger partial charge in [-0.05, 0) is 24.3 Å². The van der Waals surface area contributed by atoms with Gasteiger partial charge in [0, 0.05) is 6.08 Å². The molecule has 0 atom stereocenters. The van der Waals surface area contributed by atoms with Crippen LogP contribution in [0.2, 0.25) is 0 Å². The summed E-state index contributed by atoms with van der Waals surface area (Å²) in [6.07, 6.45) is 3.70. The van der Waals surface area contributed by atoms with Gasteiger partial charge in [-0.1, -0.05) is 6.07 Å². The molecule has 0 bridgehead atoms. The minimum absolute atomic E-state index is 0.107. The van der Waals surface area contributed by atoms with Crippen LogP contribution in [0.3, 0.4) is 0 Å². The number of aliphatic carboxylic acids is 1. The average Bonchev–Trinajstić information content (AvgIpc) is 2.91. The van der Waals surface area contributed by atoms with Crippen molar-refractivity contribution in [1.82, 2.24) is 9.97 Å². The molecule has 0 unspecified atom stereocenters. The van der Waals surface area contributed by atoms with Crippen LogP contribution in [0, 0.1) is 0 Å². The fourth-order valence-corrected chi connectivity index (χ4v) is 1.43. The molecule has 0 radical (unpaired) electrons. The number of H-pyrrole nitrogens is 1. The summed E-state index contributed by atoms with van der Waals surface area (Å²) in [4.78, 5) is 27.8. The van der Waals surface area contributed by atoms with Crippen molar-refractivity contribution in [3.05, 3.63) is 47.8 Å². The summed E-state index contributed by atoms with van der Waals surface area (Å²) in [5.41, 5.74) is 0.940. The third-order valence-electron chi connectivity index (χ3n) is 2.34. The summed E-state index contributed by atoms with van der Waals surface area (Å²) in [5.74, 6) is -1.94.